The maximum atomic E-state index is 11.8. The van der Waals surface area contributed by atoms with Gasteiger partial charge in [-0.15, -0.1) is 0 Å². The summed E-state index contributed by atoms with van der Waals surface area (Å²) in [7, 11) is 0. The quantitative estimate of drug-likeness (QED) is 0.683. The summed E-state index contributed by atoms with van der Waals surface area (Å²) in [5, 5.41) is 28.8. The number of rotatable bonds is 2. The Labute approximate surface area is 103 Å². The summed E-state index contributed by atoms with van der Waals surface area (Å²) in [5.74, 6) is -2.45. The lowest BCUT2D eigenvalue weighted by Gasteiger charge is -2.19. The van der Waals surface area contributed by atoms with E-state index in [4.69, 9.17) is 0 Å². The SMILES string of the molecule is CC(O)CC1=C(O)c2cccc(O)c2C(=O)C1=O. The molecule has 0 bridgehead atoms. The van der Waals surface area contributed by atoms with E-state index in [0.717, 1.165) is 0 Å². The highest BCUT2D eigenvalue weighted by atomic mass is 16.3. The van der Waals surface area contributed by atoms with Gasteiger partial charge in [0.1, 0.15) is 11.5 Å². The number of carbonyl (C=O) groups excluding carboxylic acids is 2. The molecule has 0 heterocycles. The van der Waals surface area contributed by atoms with Crippen molar-refractivity contribution in [1.82, 2.24) is 0 Å². The zero-order chi connectivity index (χ0) is 13.4. The fourth-order valence-electron chi connectivity index (χ4n) is 1.98. The number of fused-ring (bicyclic) bond motifs is 1. The molecular formula is C13H12O5. The van der Waals surface area contributed by atoms with E-state index in [9.17, 15) is 24.9 Å². The number of phenolic OH excluding ortho intramolecular Hbond substituents is 1. The molecule has 0 radical (unpaired) electrons. The van der Waals surface area contributed by atoms with Gasteiger partial charge in [-0.3, -0.25) is 9.59 Å². The van der Waals surface area contributed by atoms with E-state index in [1.807, 2.05) is 0 Å². The van der Waals surface area contributed by atoms with E-state index >= 15 is 0 Å². The van der Waals surface area contributed by atoms with Crippen molar-refractivity contribution >= 4 is 17.3 Å². The molecule has 5 heteroatoms. The van der Waals surface area contributed by atoms with Crippen molar-refractivity contribution in [2.24, 2.45) is 0 Å². The molecule has 18 heavy (non-hydrogen) atoms. The number of Topliss-reactive ketones (excluding diaryl/α,β-unsaturated/α-hetero) is 2. The monoisotopic (exact) mass is 248 g/mol. The molecule has 94 valence electrons. The second-order valence-electron chi connectivity index (χ2n) is 4.24. The molecule has 1 aromatic rings. The predicted molar refractivity (Wildman–Crippen MR) is 63.3 cm³/mol. The summed E-state index contributed by atoms with van der Waals surface area (Å²) in [6, 6.07) is 4.18. The van der Waals surface area contributed by atoms with Gasteiger partial charge in [-0.2, -0.15) is 0 Å². The van der Waals surface area contributed by atoms with Crippen LogP contribution >= 0.6 is 0 Å². The summed E-state index contributed by atoms with van der Waals surface area (Å²) < 4.78 is 0. The van der Waals surface area contributed by atoms with Crippen LogP contribution in [0, 0.1) is 0 Å². The Bertz CT molecular complexity index is 569. The highest BCUT2D eigenvalue weighted by molar-refractivity contribution is 6.52. The average molecular weight is 248 g/mol. The summed E-state index contributed by atoms with van der Waals surface area (Å²) in [4.78, 5) is 23.6. The Morgan fingerprint density at radius 2 is 1.83 bits per heavy atom. The smallest absolute Gasteiger partial charge is 0.237 e. The van der Waals surface area contributed by atoms with Gasteiger partial charge in [0.2, 0.25) is 11.6 Å². The molecule has 0 spiro atoms. The van der Waals surface area contributed by atoms with Crippen molar-refractivity contribution in [3.8, 4) is 5.75 Å². The van der Waals surface area contributed by atoms with Gasteiger partial charge in [-0.05, 0) is 13.0 Å². The second kappa shape index (κ2) is 4.27. The van der Waals surface area contributed by atoms with Crippen LogP contribution < -0.4 is 0 Å². The van der Waals surface area contributed by atoms with Crippen LogP contribution in [0.5, 0.6) is 5.75 Å². The maximum absolute atomic E-state index is 11.8. The van der Waals surface area contributed by atoms with E-state index in [2.05, 4.69) is 0 Å². The highest BCUT2D eigenvalue weighted by Gasteiger charge is 2.34. The molecule has 2 rings (SSSR count). The van der Waals surface area contributed by atoms with E-state index < -0.39 is 17.7 Å². The number of phenols is 1. The molecule has 1 aliphatic carbocycles. The Morgan fingerprint density at radius 1 is 1.17 bits per heavy atom. The number of benzene rings is 1. The minimum absolute atomic E-state index is 0.106. The Balaban J connectivity index is 2.66. The van der Waals surface area contributed by atoms with Gasteiger partial charge >= 0.3 is 0 Å². The van der Waals surface area contributed by atoms with Crippen LogP contribution in [-0.2, 0) is 4.79 Å². The molecule has 0 saturated heterocycles. The second-order valence-corrected chi connectivity index (χ2v) is 4.24. The van der Waals surface area contributed by atoms with Crippen LogP contribution in [0.3, 0.4) is 0 Å². The Hall–Kier alpha value is -2.14. The molecule has 1 aromatic carbocycles. The van der Waals surface area contributed by atoms with Crippen LogP contribution in [0.1, 0.15) is 29.3 Å². The lowest BCUT2D eigenvalue weighted by atomic mass is 9.86. The van der Waals surface area contributed by atoms with Gasteiger partial charge < -0.3 is 15.3 Å². The van der Waals surface area contributed by atoms with E-state index in [0.29, 0.717) is 0 Å². The number of carbonyl (C=O) groups is 2. The van der Waals surface area contributed by atoms with E-state index in [1.54, 1.807) is 0 Å². The average Bonchev–Trinajstić information content (AvgIpc) is 2.31. The third-order valence-corrected chi connectivity index (χ3v) is 2.79. The van der Waals surface area contributed by atoms with E-state index in [1.165, 1.54) is 25.1 Å². The van der Waals surface area contributed by atoms with Crippen molar-refractivity contribution in [2.75, 3.05) is 0 Å². The van der Waals surface area contributed by atoms with Gasteiger partial charge in [0.05, 0.1) is 11.7 Å². The van der Waals surface area contributed by atoms with Crippen LogP contribution in [0.15, 0.2) is 23.8 Å². The lowest BCUT2D eigenvalue weighted by Crippen LogP contribution is -2.26. The van der Waals surface area contributed by atoms with Gasteiger partial charge in [0.15, 0.2) is 0 Å². The Kier molecular flexibility index (Phi) is 2.92. The van der Waals surface area contributed by atoms with Crippen molar-refractivity contribution in [3.05, 3.63) is 34.9 Å². The summed E-state index contributed by atoms with van der Waals surface area (Å²) >= 11 is 0. The molecule has 1 unspecified atom stereocenters. The summed E-state index contributed by atoms with van der Waals surface area (Å²) in [5.41, 5.74) is -0.183. The van der Waals surface area contributed by atoms with Gasteiger partial charge in [0.25, 0.3) is 0 Å². The molecule has 0 aromatic heterocycles. The van der Waals surface area contributed by atoms with Crippen molar-refractivity contribution in [3.63, 3.8) is 0 Å². The van der Waals surface area contributed by atoms with E-state index in [-0.39, 0.29) is 34.6 Å². The number of hydrogen-bond donors (Lipinski definition) is 3. The van der Waals surface area contributed by atoms with Crippen molar-refractivity contribution < 1.29 is 24.9 Å². The first-order chi connectivity index (χ1) is 8.43. The standard InChI is InChI=1S/C13H12O5/c1-6(14)5-8-11(16)7-3-2-4-9(15)10(7)13(18)12(8)17/h2-4,6,14-16H,5H2,1H3. The summed E-state index contributed by atoms with van der Waals surface area (Å²) in [6.07, 6.45) is -0.955. The molecule has 0 fully saturated rings. The lowest BCUT2D eigenvalue weighted by molar-refractivity contribution is -0.112. The number of aliphatic hydroxyl groups excluding tert-OH is 2. The molecule has 1 atom stereocenters. The third-order valence-electron chi connectivity index (χ3n) is 2.79. The van der Waals surface area contributed by atoms with Gasteiger partial charge in [-0.25, -0.2) is 0 Å². The molecule has 0 saturated carbocycles. The Morgan fingerprint density at radius 3 is 2.44 bits per heavy atom. The number of hydrogen-bond acceptors (Lipinski definition) is 5. The minimum Gasteiger partial charge on any atom is -0.507 e. The van der Waals surface area contributed by atoms with Crippen molar-refractivity contribution in [1.29, 1.82) is 0 Å². The predicted octanol–water partition coefficient (Wildman–Crippen LogP) is 1.20. The first kappa shape index (κ1) is 12.3. The number of ketones is 2. The molecule has 3 N–H and O–H groups in total. The minimum atomic E-state index is -0.887. The molecule has 0 aliphatic heterocycles. The first-order valence-electron chi connectivity index (χ1n) is 5.45. The molecular weight excluding hydrogens is 236 g/mol. The largest absolute Gasteiger partial charge is 0.507 e. The zero-order valence-corrected chi connectivity index (χ0v) is 9.67. The fraction of sp³-hybridized carbons (Fsp3) is 0.231. The van der Waals surface area contributed by atoms with Crippen LogP contribution in [0.2, 0.25) is 0 Å². The fourth-order valence-corrected chi connectivity index (χ4v) is 1.98. The van der Waals surface area contributed by atoms with Gasteiger partial charge in [0, 0.05) is 17.6 Å². The zero-order valence-electron chi connectivity index (χ0n) is 9.67. The molecule has 0 amide bonds. The van der Waals surface area contributed by atoms with Crippen molar-refractivity contribution in [2.45, 2.75) is 19.4 Å². The molecule has 1 aliphatic rings. The highest BCUT2D eigenvalue weighted by Crippen LogP contribution is 2.34. The number of aliphatic hydroxyl groups is 2. The summed E-state index contributed by atoms with van der Waals surface area (Å²) in [6.45, 7) is 1.45. The first-order valence-corrected chi connectivity index (χ1v) is 5.45. The number of aromatic hydroxyl groups is 1. The van der Waals surface area contributed by atoms with Crippen LogP contribution in [-0.4, -0.2) is 33.0 Å². The van der Waals surface area contributed by atoms with Crippen LogP contribution in [0.25, 0.3) is 5.76 Å². The third kappa shape index (κ3) is 1.78. The normalized spacial score (nSPS) is 16.8. The van der Waals surface area contributed by atoms with Gasteiger partial charge in [-0.1, -0.05) is 12.1 Å². The topological polar surface area (TPSA) is 94.8 Å². The van der Waals surface area contributed by atoms with Crippen LogP contribution in [0.4, 0.5) is 0 Å². The molecule has 5 nitrogen and oxygen atoms in total. The maximum Gasteiger partial charge on any atom is 0.237 e.